The van der Waals surface area contributed by atoms with Crippen LogP contribution in [0.5, 0.6) is 0 Å². The predicted molar refractivity (Wildman–Crippen MR) is 131 cm³/mol. The monoisotopic (exact) mass is 481 g/mol. The van der Waals surface area contributed by atoms with Crippen molar-refractivity contribution in [2.24, 2.45) is 0 Å². The Bertz CT molecular complexity index is 1270. The lowest BCUT2D eigenvalue weighted by Crippen LogP contribution is -2.35. The summed E-state index contributed by atoms with van der Waals surface area (Å²) in [6.07, 6.45) is 1.84. The van der Waals surface area contributed by atoms with Crippen LogP contribution in [0.4, 0.5) is 4.39 Å². The molecule has 1 aromatic heterocycles. The lowest BCUT2D eigenvalue weighted by molar-refractivity contribution is 0.0342. The molecule has 0 unspecified atom stereocenters. The Morgan fingerprint density at radius 3 is 2.33 bits per heavy atom. The van der Waals surface area contributed by atoms with Crippen LogP contribution in [0.15, 0.2) is 72.9 Å². The minimum atomic E-state index is -0.269. The van der Waals surface area contributed by atoms with Gasteiger partial charge >= 0.3 is 0 Å². The van der Waals surface area contributed by atoms with Gasteiger partial charge in [0.1, 0.15) is 5.82 Å². The number of ether oxygens (including phenoxy) is 1. The minimum Gasteiger partial charge on any atom is -0.379 e. The topological polar surface area (TPSA) is 30.3 Å². The Morgan fingerprint density at radius 2 is 1.61 bits per heavy atom. The summed E-state index contributed by atoms with van der Waals surface area (Å²) in [7, 11) is 0. The van der Waals surface area contributed by atoms with E-state index in [9.17, 15) is 4.39 Å². The van der Waals surface area contributed by atoms with Crippen LogP contribution in [0.2, 0.25) is 10.0 Å². The van der Waals surface area contributed by atoms with Crippen LogP contribution in [0.3, 0.4) is 0 Å². The largest absolute Gasteiger partial charge is 0.379 e. The van der Waals surface area contributed by atoms with Crippen LogP contribution in [-0.4, -0.2) is 41.0 Å². The third kappa shape index (κ3) is 4.68. The fourth-order valence-corrected chi connectivity index (χ4v) is 4.40. The average Bonchev–Trinajstić information content (AvgIpc) is 3.25. The van der Waals surface area contributed by atoms with E-state index in [0.717, 1.165) is 41.2 Å². The Morgan fingerprint density at radius 1 is 0.879 bits per heavy atom. The number of benzene rings is 3. The van der Waals surface area contributed by atoms with Gasteiger partial charge in [0.15, 0.2) is 0 Å². The zero-order valence-corrected chi connectivity index (χ0v) is 19.4. The van der Waals surface area contributed by atoms with E-state index in [1.807, 2.05) is 53.3 Å². The summed E-state index contributed by atoms with van der Waals surface area (Å²) in [5.74, 6) is -0.269. The second-order valence-electron chi connectivity index (χ2n) is 7.97. The molecule has 0 radical (unpaired) electrons. The molecule has 0 spiro atoms. The molecule has 0 bridgehead atoms. The van der Waals surface area contributed by atoms with Crippen LogP contribution in [0.1, 0.15) is 5.56 Å². The van der Waals surface area contributed by atoms with Crippen molar-refractivity contribution >= 4 is 23.2 Å². The van der Waals surface area contributed by atoms with E-state index in [1.165, 1.54) is 6.07 Å². The van der Waals surface area contributed by atoms with Crippen molar-refractivity contribution in [3.8, 4) is 28.1 Å². The molecule has 168 valence electrons. The molecule has 1 fully saturated rings. The maximum atomic E-state index is 14.9. The van der Waals surface area contributed by atoms with E-state index in [1.54, 1.807) is 18.2 Å². The van der Waals surface area contributed by atoms with Gasteiger partial charge in [-0.15, -0.1) is 0 Å². The lowest BCUT2D eigenvalue weighted by atomic mass is 10.0. The number of morpholine rings is 1. The number of halogens is 3. The molecule has 1 aliphatic heterocycles. The van der Waals surface area contributed by atoms with E-state index < -0.39 is 0 Å². The van der Waals surface area contributed by atoms with E-state index in [0.29, 0.717) is 35.4 Å². The first-order valence-electron chi connectivity index (χ1n) is 10.8. The maximum Gasteiger partial charge on any atom is 0.132 e. The standard InChI is InChI=1S/C26H22Cl2FN3O/c27-23-10-7-19(15-24(23)28)18-5-8-21(9-6-18)32-26(22-3-1-2-4-25(22)29)20(16-30-32)17-31-11-13-33-14-12-31/h1-10,15-16H,11-14,17H2. The fraction of sp³-hybridized carbons (Fsp3) is 0.192. The second-order valence-corrected chi connectivity index (χ2v) is 8.79. The summed E-state index contributed by atoms with van der Waals surface area (Å²) in [4.78, 5) is 2.31. The van der Waals surface area contributed by atoms with E-state index in [-0.39, 0.29) is 5.82 Å². The summed E-state index contributed by atoms with van der Waals surface area (Å²) in [5.41, 5.74) is 5.11. The third-order valence-corrected chi connectivity index (χ3v) is 6.58. The van der Waals surface area contributed by atoms with Crippen molar-refractivity contribution < 1.29 is 9.13 Å². The highest BCUT2D eigenvalue weighted by molar-refractivity contribution is 6.42. The van der Waals surface area contributed by atoms with Crippen molar-refractivity contribution in [3.63, 3.8) is 0 Å². The number of aromatic nitrogens is 2. The second kappa shape index (κ2) is 9.65. The molecular weight excluding hydrogens is 460 g/mol. The van der Waals surface area contributed by atoms with Gasteiger partial charge in [0.25, 0.3) is 0 Å². The van der Waals surface area contributed by atoms with Crippen LogP contribution >= 0.6 is 23.2 Å². The van der Waals surface area contributed by atoms with E-state index in [4.69, 9.17) is 27.9 Å². The lowest BCUT2D eigenvalue weighted by Gasteiger charge is -2.26. The fourth-order valence-electron chi connectivity index (χ4n) is 4.11. The number of nitrogens with zero attached hydrogens (tertiary/aromatic N) is 3. The molecule has 0 saturated carbocycles. The first-order chi connectivity index (χ1) is 16.1. The van der Waals surface area contributed by atoms with Gasteiger partial charge in [-0.25, -0.2) is 9.07 Å². The Hall–Kier alpha value is -2.70. The molecule has 0 atom stereocenters. The summed E-state index contributed by atoms with van der Waals surface area (Å²) >= 11 is 12.2. The number of hydrogen-bond donors (Lipinski definition) is 0. The minimum absolute atomic E-state index is 0.269. The molecule has 0 amide bonds. The number of hydrogen-bond acceptors (Lipinski definition) is 3. The SMILES string of the molecule is Fc1ccccc1-c1c(CN2CCOCC2)cnn1-c1ccc(-c2ccc(Cl)c(Cl)c2)cc1. The molecule has 5 rings (SSSR count). The van der Waals surface area contributed by atoms with Gasteiger partial charge in [-0.3, -0.25) is 4.90 Å². The summed E-state index contributed by atoms with van der Waals surface area (Å²) in [6.45, 7) is 3.80. The molecule has 4 nitrogen and oxygen atoms in total. The van der Waals surface area contributed by atoms with Gasteiger partial charge in [-0.2, -0.15) is 5.10 Å². The summed E-state index contributed by atoms with van der Waals surface area (Å²) in [6, 6.07) is 20.4. The van der Waals surface area contributed by atoms with Crippen LogP contribution in [0, 0.1) is 5.82 Å². The summed E-state index contributed by atoms with van der Waals surface area (Å²) in [5, 5.41) is 5.69. The van der Waals surface area contributed by atoms with Gasteiger partial charge < -0.3 is 4.74 Å². The third-order valence-electron chi connectivity index (χ3n) is 5.84. The van der Waals surface area contributed by atoms with Gasteiger partial charge in [0, 0.05) is 30.8 Å². The van der Waals surface area contributed by atoms with Gasteiger partial charge in [0.05, 0.1) is 40.8 Å². The van der Waals surface area contributed by atoms with Gasteiger partial charge in [-0.1, -0.05) is 53.5 Å². The molecule has 0 aliphatic carbocycles. The Balaban J connectivity index is 1.53. The quantitative estimate of drug-likeness (QED) is 0.326. The van der Waals surface area contributed by atoms with E-state index >= 15 is 0 Å². The number of rotatable bonds is 5. The highest BCUT2D eigenvalue weighted by atomic mass is 35.5. The molecule has 1 saturated heterocycles. The molecule has 0 N–H and O–H groups in total. The first kappa shape index (κ1) is 22.1. The molecule has 1 aliphatic rings. The van der Waals surface area contributed by atoms with Gasteiger partial charge in [-0.05, 0) is 47.5 Å². The first-order valence-corrected chi connectivity index (χ1v) is 11.5. The van der Waals surface area contributed by atoms with Crippen LogP contribution in [-0.2, 0) is 11.3 Å². The molecule has 3 aromatic carbocycles. The molecular formula is C26H22Cl2FN3O. The Kier molecular flexibility index (Phi) is 6.47. The van der Waals surface area contributed by atoms with Gasteiger partial charge in [0.2, 0.25) is 0 Å². The molecule has 2 heterocycles. The molecule has 7 heteroatoms. The molecule has 33 heavy (non-hydrogen) atoms. The van der Waals surface area contributed by atoms with Crippen molar-refractivity contribution in [2.75, 3.05) is 26.3 Å². The zero-order valence-electron chi connectivity index (χ0n) is 17.8. The summed E-state index contributed by atoms with van der Waals surface area (Å²) < 4.78 is 22.1. The van der Waals surface area contributed by atoms with Crippen LogP contribution < -0.4 is 0 Å². The normalized spacial score (nSPS) is 14.5. The average molecular weight is 482 g/mol. The van der Waals surface area contributed by atoms with Crippen molar-refractivity contribution in [1.29, 1.82) is 0 Å². The van der Waals surface area contributed by atoms with Crippen molar-refractivity contribution in [2.45, 2.75) is 6.54 Å². The maximum absolute atomic E-state index is 14.9. The van der Waals surface area contributed by atoms with Crippen LogP contribution in [0.25, 0.3) is 28.1 Å². The predicted octanol–water partition coefficient (Wildman–Crippen LogP) is 6.48. The van der Waals surface area contributed by atoms with E-state index in [2.05, 4.69) is 10.00 Å². The highest BCUT2D eigenvalue weighted by Crippen LogP contribution is 2.32. The zero-order chi connectivity index (χ0) is 22.8. The molecule has 4 aromatic rings. The Labute approximate surface area is 202 Å². The smallest absolute Gasteiger partial charge is 0.132 e. The highest BCUT2D eigenvalue weighted by Gasteiger charge is 2.20. The van der Waals surface area contributed by atoms with Crippen molar-refractivity contribution in [3.05, 3.63) is 94.4 Å². The van der Waals surface area contributed by atoms with Crippen molar-refractivity contribution in [1.82, 2.24) is 14.7 Å².